The second-order valence-electron chi connectivity index (χ2n) is 5.65. The third kappa shape index (κ3) is 6.63. The largest absolute Gasteiger partial charge is 0.494 e. The highest BCUT2D eigenvalue weighted by Gasteiger charge is 2.14. The molecule has 1 unspecified atom stereocenters. The van der Waals surface area contributed by atoms with E-state index in [1.54, 1.807) is 0 Å². The maximum Gasteiger partial charge on any atom is 0.317 e. The number of nitrogens with zero attached hydrogens (tertiary/aromatic N) is 1. The summed E-state index contributed by atoms with van der Waals surface area (Å²) in [5.74, 6) is 0.117. The molecule has 0 amide bonds. The maximum atomic E-state index is 10.9. The number of carboxylic acids is 1. The summed E-state index contributed by atoms with van der Waals surface area (Å²) in [4.78, 5) is 12.9. The third-order valence-corrected chi connectivity index (χ3v) is 3.61. The van der Waals surface area contributed by atoms with Crippen molar-refractivity contribution in [2.75, 3.05) is 19.7 Å². The molecule has 1 rings (SSSR count). The molecule has 1 aromatic carbocycles. The van der Waals surface area contributed by atoms with E-state index in [-0.39, 0.29) is 12.6 Å². The van der Waals surface area contributed by atoms with E-state index in [1.807, 2.05) is 17.0 Å². The molecule has 0 spiro atoms. The lowest BCUT2D eigenvalue weighted by Crippen LogP contribution is -2.38. The molecule has 0 heterocycles. The van der Waals surface area contributed by atoms with E-state index in [1.165, 1.54) is 11.1 Å². The molecule has 0 radical (unpaired) electrons. The number of ether oxygens (including phenoxy) is 1. The Morgan fingerprint density at radius 1 is 1.29 bits per heavy atom. The van der Waals surface area contributed by atoms with Gasteiger partial charge in [-0.25, -0.2) is 0 Å². The number of hydrogen-bond donors (Lipinski definition) is 1. The molecule has 1 N–H and O–H groups in total. The van der Waals surface area contributed by atoms with E-state index in [2.05, 4.69) is 33.8 Å². The highest BCUT2D eigenvalue weighted by atomic mass is 16.5. The van der Waals surface area contributed by atoms with Crippen molar-refractivity contribution in [1.82, 2.24) is 4.90 Å². The first-order valence-corrected chi connectivity index (χ1v) is 7.59. The van der Waals surface area contributed by atoms with Crippen molar-refractivity contribution in [2.45, 2.75) is 46.6 Å². The van der Waals surface area contributed by atoms with Gasteiger partial charge in [-0.15, -0.1) is 0 Å². The molecular formula is C17H27NO3. The van der Waals surface area contributed by atoms with Crippen LogP contribution in [0.1, 0.15) is 37.8 Å². The van der Waals surface area contributed by atoms with Gasteiger partial charge < -0.3 is 9.84 Å². The minimum Gasteiger partial charge on any atom is -0.494 e. The number of aliphatic carboxylic acids is 1. The monoisotopic (exact) mass is 293 g/mol. The van der Waals surface area contributed by atoms with E-state index in [0.717, 1.165) is 25.1 Å². The number of benzene rings is 1. The molecule has 1 atom stereocenters. The smallest absolute Gasteiger partial charge is 0.317 e. The average molecular weight is 293 g/mol. The summed E-state index contributed by atoms with van der Waals surface area (Å²) in [6.07, 6.45) is 1.77. The van der Waals surface area contributed by atoms with Crippen LogP contribution in [-0.2, 0) is 4.79 Å². The van der Waals surface area contributed by atoms with Gasteiger partial charge in [-0.1, -0.05) is 13.0 Å². The van der Waals surface area contributed by atoms with Crippen LogP contribution >= 0.6 is 0 Å². The Balaban J connectivity index is 2.41. The SMILES string of the molecule is CCC(C)N(CCCOc1cc(C)cc(C)c1)CC(=O)O. The second-order valence-corrected chi connectivity index (χ2v) is 5.65. The number of rotatable bonds is 9. The molecular weight excluding hydrogens is 266 g/mol. The number of carbonyl (C=O) groups is 1. The molecule has 0 aliphatic heterocycles. The van der Waals surface area contributed by atoms with E-state index >= 15 is 0 Å². The first-order valence-electron chi connectivity index (χ1n) is 7.59. The molecule has 118 valence electrons. The molecule has 0 saturated carbocycles. The molecule has 0 fully saturated rings. The highest BCUT2D eigenvalue weighted by Crippen LogP contribution is 2.16. The van der Waals surface area contributed by atoms with Crippen molar-refractivity contribution < 1.29 is 14.6 Å². The minimum absolute atomic E-state index is 0.0958. The van der Waals surface area contributed by atoms with E-state index < -0.39 is 5.97 Å². The maximum absolute atomic E-state index is 10.9. The molecule has 0 saturated heterocycles. The van der Waals surface area contributed by atoms with Gasteiger partial charge in [0.1, 0.15) is 5.75 Å². The molecule has 0 aliphatic carbocycles. The van der Waals surface area contributed by atoms with Crippen molar-refractivity contribution in [2.24, 2.45) is 0 Å². The van der Waals surface area contributed by atoms with Gasteiger partial charge in [0.05, 0.1) is 13.2 Å². The zero-order valence-electron chi connectivity index (χ0n) is 13.6. The van der Waals surface area contributed by atoms with Crippen LogP contribution in [0.25, 0.3) is 0 Å². The molecule has 4 heteroatoms. The van der Waals surface area contributed by atoms with Crippen molar-refractivity contribution in [3.63, 3.8) is 0 Å². The van der Waals surface area contributed by atoms with Crippen molar-refractivity contribution in [3.8, 4) is 5.75 Å². The van der Waals surface area contributed by atoms with Gasteiger partial charge in [-0.2, -0.15) is 0 Å². The lowest BCUT2D eigenvalue weighted by Gasteiger charge is -2.26. The highest BCUT2D eigenvalue weighted by molar-refractivity contribution is 5.69. The Morgan fingerprint density at radius 2 is 1.90 bits per heavy atom. The van der Waals surface area contributed by atoms with E-state index in [4.69, 9.17) is 9.84 Å². The second kappa shape index (κ2) is 8.67. The quantitative estimate of drug-likeness (QED) is 0.710. The topological polar surface area (TPSA) is 49.8 Å². The van der Waals surface area contributed by atoms with Gasteiger partial charge in [0.25, 0.3) is 0 Å². The molecule has 0 aliphatic rings. The van der Waals surface area contributed by atoms with Crippen LogP contribution in [0.3, 0.4) is 0 Å². The third-order valence-electron chi connectivity index (χ3n) is 3.61. The first kappa shape index (κ1) is 17.5. The predicted octanol–water partition coefficient (Wildman–Crippen LogP) is 3.26. The van der Waals surface area contributed by atoms with Crippen LogP contribution < -0.4 is 4.74 Å². The fraction of sp³-hybridized carbons (Fsp3) is 0.588. The fourth-order valence-electron chi connectivity index (χ4n) is 2.36. The molecule has 0 aromatic heterocycles. The molecule has 0 bridgehead atoms. The van der Waals surface area contributed by atoms with Gasteiger partial charge >= 0.3 is 5.97 Å². The molecule has 4 nitrogen and oxygen atoms in total. The Bertz CT molecular complexity index is 439. The lowest BCUT2D eigenvalue weighted by molar-refractivity contribution is -0.138. The Kier molecular flexibility index (Phi) is 7.23. The summed E-state index contributed by atoms with van der Waals surface area (Å²) < 4.78 is 5.76. The summed E-state index contributed by atoms with van der Waals surface area (Å²) in [6, 6.07) is 6.44. The standard InChI is InChI=1S/C17H27NO3/c1-5-15(4)18(12-17(19)20)7-6-8-21-16-10-13(2)9-14(3)11-16/h9-11,15H,5-8,12H2,1-4H3,(H,19,20). The van der Waals surface area contributed by atoms with Crippen molar-refractivity contribution >= 4 is 5.97 Å². The lowest BCUT2D eigenvalue weighted by atomic mass is 10.1. The van der Waals surface area contributed by atoms with Gasteiger partial charge in [0.15, 0.2) is 0 Å². The average Bonchev–Trinajstić information content (AvgIpc) is 2.39. The fourth-order valence-corrected chi connectivity index (χ4v) is 2.36. The van der Waals surface area contributed by atoms with Gasteiger partial charge in [-0.05, 0) is 56.9 Å². The Morgan fingerprint density at radius 3 is 2.43 bits per heavy atom. The van der Waals surface area contributed by atoms with Crippen LogP contribution in [0.15, 0.2) is 18.2 Å². The number of hydrogen-bond acceptors (Lipinski definition) is 3. The van der Waals surface area contributed by atoms with Crippen LogP contribution in [0.2, 0.25) is 0 Å². The van der Waals surface area contributed by atoms with Gasteiger partial charge in [-0.3, -0.25) is 9.69 Å². The zero-order chi connectivity index (χ0) is 15.8. The summed E-state index contributed by atoms with van der Waals surface area (Å²) in [5, 5.41) is 8.95. The number of aryl methyl sites for hydroxylation is 2. The summed E-state index contributed by atoms with van der Waals surface area (Å²) in [5.41, 5.74) is 2.38. The zero-order valence-corrected chi connectivity index (χ0v) is 13.6. The Labute approximate surface area is 127 Å². The van der Waals surface area contributed by atoms with Crippen LogP contribution in [0, 0.1) is 13.8 Å². The normalized spacial score (nSPS) is 12.4. The van der Waals surface area contributed by atoms with Crippen LogP contribution in [-0.4, -0.2) is 41.7 Å². The number of carboxylic acid groups (broad SMARTS) is 1. The van der Waals surface area contributed by atoms with Crippen molar-refractivity contribution in [1.29, 1.82) is 0 Å². The van der Waals surface area contributed by atoms with Crippen LogP contribution in [0.4, 0.5) is 0 Å². The van der Waals surface area contributed by atoms with E-state index in [9.17, 15) is 4.79 Å². The summed E-state index contributed by atoms with van der Waals surface area (Å²) >= 11 is 0. The van der Waals surface area contributed by atoms with Gasteiger partial charge in [0, 0.05) is 12.6 Å². The summed E-state index contributed by atoms with van der Waals surface area (Å²) in [7, 11) is 0. The van der Waals surface area contributed by atoms with Crippen molar-refractivity contribution in [3.05, 3.63) is 29.3 Å². The molecule has 21 heavy (non-hydrogen) atoms. The van der Waals surface area contributed by atoms with E-state index in [0.29, 0.717) is 6.61 Å². The predicted molar refractivity (Wildman–Crippen MR) is 85.0 cm³/mol. The first-order chi connectivity index (χ1) is 9.92. The summed E-state index contributed by atoms with van der Waals surface area (Å²) in [6.45, 7) is 9.69. The van der Waals surface area contributed by atoms with Gasteiger partial charge in [0.2, 0.25) is 0 Å². The Hall–Kier alpha value is -1.55. The molecule has 1 aromatic rings. The minimum atomic E-state index is -0.773. The van der Waals surface area contributed by atoms with Crippen LogP contribution in [0.5, 0.6) is 5.75 Å².